The number of sulfonamides is 1. The molecule has 0 unspecified atom stereocenters. The van der Waals surface area contributed by atoms with E-state index in [2.05, 4.69) is 21.2 Å². The Morgan fingerprint density at radius 1 is 0.903 bits per heavy atom. The normalized spacial score (nSPS) is 11.2. The summed E-state index contributed by atoms with van der Waals surface area (Å²) in [6, 6.07) is 16.5. The zero-order valence-corrected chi connectivity index (χ0v) is 18.5. The first-order chi connectivity index (χ1) is 14.6. The molecule has 160 valence electrons. The largest absolute Gasteiger partial charge is 0.366 e. The van der Waals surface area contributed by atoms with E-state index in [4.69, 9.17) is 16.6 Å². The first-order valence-electron chi connectivity index (χ1n) is 8.97. The smallest absolute Gasteiger partial charge is 0.250 e. The molecule has 0 atom stereocenters. The molecule has 0 aromatic heterocycles. The molecule has 31 heavy (non-hydrogen) atoms. The molecule has 0 radical (unpaired) electrons. The Bertz CT molecular complexity index is 1260. The van der Waals surface area contributed by atoms with Gasteiger partial charge in [0.2, 0.25) is 15.9 Å². The number of nitrogens with two attached hydrogens (primary N) is 3. The van der Waals surface area contributed by atoms with Gasteiger partial charge in [-0.1, -0.05) is 40.2 Å². The number of halogens is 1. The molecule has 0 heterocycles. The van der Waals surface area contributed by atoms with Gasteiger partial charge in [-0.15, -0.1) is 0 Å². The molecular weight excluding hydrogens is 484 g/mol. The second-order valence-corrected chi connectivity index (χ2v) is 9.12. The maximum absolute atomic E-state index is 12.2. The van der Waals surface area contributed by atoms with Crippen LogP contribution in [-0.4, -0.2) is 26.8 Å². The highest BCUT2D eigenvalue weighted by Gasteiger charge is 2.19. The van der Waals surface area contributed by atoms with Crippen LogP contribution in [0.2, 0.25) is 0 Å². The van der Waals surface area contributed by atoms with Crippen molar-refractivity contribution in [3.8, 4) is 22.3 Å². The Labute approximate surface area is 187 Å². The monoisotopic (exact) mass is 502 g/mol. The summed E-state index contributed by atoms with van der Waals surface area (Å²) >= 11 is 3.38. The Hall–Kier alpha value is -3.05. The molecule has 7 N–H and O–H groups in total. The van der Waals surface area contributed by atoms with Crippen LogP contribution in [0.15, 0.2) is 70.0 Å². The van der Waals surface area contributed by atoms with Crippen LogP contribution < -0.4 is 21.9 Å². The van der Waals surface area contributed by atoms with Gasteiger partial charge in [0.05, 0.1) is 22.7 Å². The lowest BCUT2D eigenvalue weighted by molar-refractivity contribution is -0.114. The number of anilines is 1. The molecule has 2 amide bonds. The Kier molecular flexibility index (Phi) is 6.56. The van der Waals surface area contributed by atoms with E-state index >= 15 is 0 Å². The number of carbonyl (C=O) groups is 2. The number of carbonyl (C=O) groups excluding carboxylic acids is 2. The van der Waals surface area contributed by atoms with Crippen LogP contribution in [0, 0.1) is 0 Å². The van der Waals surface area contributed by atoms with Crippen molar-refractivity contribution >= 4 is 43.5 Å². The van der Waals surface area contributed by atoms with Crippen molar-refractivity contribution in [2.45, 2.75) is 4.90 Å². The zero-order chi connectivity index (χ0) is 22.8. The fourth-order valence-electron chi connectivity index (χ4n) is 3.02. The summed E-state index contributed by atoms with van der Waals surface area (Å²) < 4.78 is 24.1. The Morgan fingerprint density at radius 2 is 1.48 bits per heavy atom. The highest BCUT2D eigenvalue weighted by Crippen LogP contribution is 2.36. The summed E-state index contributed by atoms with van der Waals surface area (Å²) in [5, 5.41) is 7.80. The fraction of sp³-hybridized carbons (Fsp3) is 0.0476. The summed E-state index contributed by atoms with van der Waals surface area (Å²) in [7, 11) is -3.88. The molecule has 3 rings (SSSR count). The van der Waals surface area contributed by atoms with E-state index in [-0.39, 0.29) is 22.7 Å². The van der Waals surface area contributed by atoms with Gasteiger partial charge in [0.1, 0.15) is 0 Å². The molecular formula is C21H19BrN4O4S. The van der Waals surface area contributed by atoms with Crippen molar-refractivity contribution in [2.24, 2.45) is 16.6 Å². The molecule has 0 aliphatic rings. The average molecular weight is 503 g/mol. The van der Waals surface area contributed by atoms with Gasteiger partial charge >= 0.3 is 0 Å². The third-order valence-corrected chi connectivity index (χ3v) is 5.98. The van der Waals surface area contributed by atoms with Crippen molar-refractivity contribution in [3.05, 3.63) is 70.7 Å². The third kappa shape index (κ3) is 5.17. The van der Waals surface area contributed by atoms with E-state index in [1.165, 1.54) is 24.3 Å². The van der Waals surface area contributed by atoms with E-state index in [1.54, 1.807) is 12.1 Å². The number of amides is 2. The standard InChI is InChI=1S/C21H19BrN4O4S/c22-15-5-1-12(2-6-15)14-9-17(13-3-7-16(8-4-13)31(25,29)30)20(26-19(27)11-23)18(10-14)21(24)28/h1-10H,11,23H2,(H2,24,28)(H,26,27)(H2,25,29,30). The summed E-state index contributed by atoms with van der Waals surface area (Å²) in [5.41, 5.74) is 13.8. The maximum Gasteiger partial charge on any atom is 0.250 e. The molecule has 8 nitrogen and oxygen atoms in total. The second-order valence-electron chi connectivity index (χ2n) is 6.64. The second kappa shape index (κ2) is 8.98. The lowest BCUT2D eigenvalue weighted by atomic mass is 9.93. The SMILES string of the molecule is NCC(=O)Nc1c(C(N)=O)cc(-c2ccc(Br)cc2)cc1-c1ccc(S(N)(=O)=O)cc1. The third-order valence-electron chi connectivity index (χ3n) is 4.53. The van der Waals surface area contributed by atoms with Crippen LogP contribution in [-0.2, 0) is 14.8 Å². The summed E-state index contributed by atoms with van der Waals surface area (Å²) in [4.78, 5) is 24.2. The van der Waals surface area contributed by atoms with Crippen molar-refractivity contribution < 1.29 is 18.0 Å². The van der Waals surface area contributed by atoms with Crippen LogP contribution in [0.5, 0.6) is 0 Å². The first-order valence-corrected chi connectivity index (χ1v) is 11.3. The van der Waals surface area contributed by atoms with E-state index in [0.29, 0.717) is 16.7 Å². The number of benzene rings is 3. The molecule has 0 bridgehead atoms. The molecule has 0 spiro atoms. The number of hydrogen-bond acceptors (Lipinski definition) is 5. The lowest BCUT2D eigenvalue weighted by Crippen LogP contribution is -2.24. The molecule has 0 fully saturated rings. The highest BCUT2D eigenvalue weighted by atomic mass is 79.9. The lowest BCUT2D eigenvalue weighted by Gasteiger charge is -2.17. The van der Waals surface area contributed by atoms with E-state index in [9.17, 15) is 18.0 Å². The summed E-state index contributed by atoms with van der Waals surface area (Å²) in [6.07, 6.45) is 0. The highest BCUT2D eigenvalue weighted by molar-refractivity contribution is 9.10. The minimum Gasteiger partial charge on any atom is -0.366 e. The number of primary amides is 1. The van der Waals surface area contributed by atoms with Gasteiger partial charge in [0.15, 0.2) is 0 Å². The van der Waals surface area contributed by atoms with Crippen LogP contribution in [0.4, 0.5) is 5.69 Å². The van der Waals surface area contributed by atoms with Gasteiger partial charge in [-0.05, 0) is 53.1 Å². The molecule has 0 aliphatic heterocycles. The molecule has 3 aromatic rings. The molecule has 0 saturated carbocycles. The van der Waals surface area contributed by atoms with Crippen molar-refractivity contribution in [1.82, 2.24) is 0 Å². The van der Waals surface area contributed by atoms with Crippen molar-refractivity contribution in [1.29, 1.82) is 0 Å². The molecule has 10 heteroatoms. The van der Waals surface area contributed by atoms with Crippen LogP contribution in [0.25, 0.3) is 22.3 Å². The van der Waals surface area contributed by atoms with E-state index < -0.39 is 21.8 Å². The van der Waals surface area contributed by atoms with Crippen molar-refractivity contribution in [2.75, 3.05) is 11.9 Å². The zero-order valence-electron chi connectivity index (χ0n) is 16.1. The predicted octanol–water partition coefficient (Wildman–Crippen LogP) is 2.43. The van der Waals surface area contributed by atoms with E-state index in [0.717, 1.165) is 10.0 Å². The van der Waals surface area contributed by atoms with Gasteiger partial charge in [-0.25, -0.2) is 13.6 Å². The quantitative estimate of drug-likeness (QED) is 0.406. The summed E-state index contributed by atoms with van der Waals surface area (Å²) in [5.74, 6) is -1.25. The minimum atomic E-state index is -3.88. The first kappa shape index (κ1) is 22.6. The molecule has 0 saturated heterocycles. The Morgan fingerprint density at radius 3 is 2.00 bits per heavy atom. The van der Waals surface area contributed by atoms with Gasteiger partial charge in [-0.2, -0.15) is 0 Å². The fourth-order valence-corrected chi connectivity index (χ4v) is 3.80. The van der Waals surface area contributed by atoms with Crippen LogP contribution >= 0.6 is 15.9 Å². The molecule has 3 aromatic carbocycles. The van der Waals surface area contributed by atoms with Gasteiger partial charge in [0, 0.05) is 10.0 Å². The number of hydrogen-bond donors (Lipinski definition) is 4. The van der Waals surface area contributed by atoms with Crippen LogP contribution in [0.3, 0.4) is 0 Å². The van der Waals surface area contributed by atoms with Gasteiger partial charge < -0.3 is 16.8 Å². The predicted molar refractivity (Wildman–Crippen MR) is 123 cm³/mol. The minimum absolute atomic E-state index is 0.0667. The molecule has 0 aliphatic carbocycles. The van der Waals surface area contributed by atoms with Crippen LogP contribution in [0.1, 0.15) is 10.4 Å². The number of rotatable bonds is 6. The van der Waals surface area contributed by atoms with Gasteiger partial charge in [0.25, 0.3) is 5.91 Å². The topological polar surface area (TPSA) is 158 Å². The Balaban J connectivity index is 2.27. The number of nitrogens with one attached hydrogen (secondary N) is 1. The average Bonchev–Trinajstić information content (AvgIpc) is 2.73. The summed E-state index contributed by atoms with van der Waals surface area (Å²) in [6.45, 7) is -0.295. The number of primary sulfonamides is 1. The van der Waals surface area contributed by atoms with Gasteiger partial charge in [-0.3, -0.25) is 9.59 Å². The van der Waals surface area contributed by atoms with Crippen molar-refractivity contribution in [3.63, 3.8) is 0 Å². The maximum atomic E-state index is 12.2. The van der Waals surface area contributed by atoms with E-state index in [1.807, 2.05) is 24.3 Å².